The molecule has 0 unspecified atom stereocenters. The van der Waals surface area contributed by atoms with Crippen LogP contribution in [-0.4, -0.2) is 19.6 Å². The average molecular weight is 340 g/mol. The predicted octanol–water partition coefficient (Wildman–Crippen LogP) is 3.91. The second kappa shape index (κ2) is 7.06. The average Bonchev–Trinajstić information content (AvgIpc) is 2.54. The van der Waals surface area contributed by atoms with Crippen molar-refractivity contribution < 1.29 is 18.3 Å². The van der Waals surface area contributed by atoms with E-state index in [4.69, 9.17) is 16.3 Å². The number of carbonyl (C=O) groups is 1. The van der Waals surface area contributed by atoms with Crippen molar-refractivity contribution in [2.75, 3.05) is 13.7 Å². The van der Waals surface area contributed by atoms with Crippen LogP contribution in [0.5, 0.6) is 0 Å². The van der Waals surface area contributed by atoms with E-state index in [-0.39, 0.29) is 12.1 Å². The number of nitrogens with one attached hydrogen (secondary N) is 1. The third-order valence-electron chi connectivity index (χ3n) is 3.65. The number of carbonyl (C=O) groups excluding carboxylic acids is 1. The van der Waals surface area contributed by atoms with Crippen molar-refractivity contribution in [3.8, 4) is 0 Å². The lowest BCUT2D eigenvalue weighted by Crippen LogP contribution is -2.40. The molecule has 1 atom stereocenters. The number of ether oxygens (including phenoxy) is 1. The third kappa shape index (κ3) is 4.06. The topological polar surface area (TPSA) is 38.3 Å². The highest BCUT2D eigenvalue weighted by Crippen LogP contribution is 2.26. The molecule has 0 aromatic heterocycles. The van der Waals surface area contributed by atoms with Gasteiger partial charge < -0.3 is 10.1 Å². The van der Waals surface area contributed by atoms with Crippen molar-refractivity contribution in [2.45, 2.75) is 12.5 Å². The van der Waals surface area contributed by atoms with Crippen molar-refractivity contribution >= 4 is 17.5 Å². The number of rotatable bonds is 5. The second-order valence-electron chi connectivity index (χ2n) is 5.26. The van der Waals surface area contributed by atoms with E-state index in [1.807, 2.05) is 6.07 Å². The quantitative estimate of drug-likeness (QED) is 0.897. The molecule has 0 aliphatic carbocycles. The molecule has 0 aliphatic heterocycles. The molecule has 0 saturated heterocycles. The fourth-order valence-corrected chi connectivity index (χ4v) is 2.29. The minimum absolute atomic E-state index is 0.0356. The van der Waals surface area contributed by atoms with Crippen LogP contribution in [0.15, 0.2) is 42.5 Å². The van der Waals surface area contributed by atoms with Crippen LogP contribution in [-0.2, 0) is 10.3 Å². The van der Waals surface area contributed by atoms with Crippen LogP contribution in [0.1, 0.15) is 22.8 Å². The van der Waals surface area contributed by atoms with Crippen LogP contribution >= 0.6 is 11.6 Å². The molecule has 0 heterocycles. The normalized spacial score (nSPS) is 13.4. The van der Waals surface area contributed by atoms with E-state index in [1.165, 1.54) is 13.2 Å². The van der Waals surface area contributed by atoms with Crippen LogP contribution in [0.25, 0.3) is 0 Å². The summed E-state index contributed by atoms with van der Waals surface area (Å²) in [6.07, 6.45) is 0. The van der Waals surface area contributed by atoms with Gasteiger partial charge in [0.25, 0.3) is 5.91 Å². The molecule has 0 spiro atoms. The molecule has 23 heavy (non-hydrogen) atoms. The summed E-state index contributed by atoms with van der Waals surface area (Å²) < 4.78 is 31.6. The van der Waals surface area contributed by atoms with Crippen LogP contribution in [0.4, 0.5) is 8.78 Å². The zero-order valence-corrected chi connectivity index (χ0v) is 13.5. The van der Waals surface area contributed by atoms with Crippen LogP contribution < -0.4 is 5.32 Å². The number of hydrogen-bond donors (Lipinski definition) is 1. The summed E-state index contributed by atoms with van der Waals surface area (Å²) >= 11 is 5.98. The lowest BCUT2D eigenvalue weighted by Gasteiger charge is -2.29. The van der Waals surface area contributed by atoms with Crippen LogP contribution in [0, 0.1) is 11.6 Å². The SMILES string of the molecule is CO[C@@](C)(CNC(=O)c1ccc(F)c(F)c1)c1cccc(Cl)c1. The Labute approximate surface area is 138 Å². The van der Waals surface area contributed by atoms with Crippen molar-refractivity contribution in [3.63, 3.8) is 0 Å². The Hall–Kier alpha value is -1.98. The first-order valence-electron chi connectivity index (χ1n) is 6.90. The maximum atomic E-state index is 13.2. The molecule has 0 radical (unpaired) electrons. The van der Waals surface area contributed by atoms with E-state index in [1.54, 1.807) is 25.1 Å². The third-order valence-corrected chi connectivity index (χ3v) is 3.89. The molecule has 2 aromatic carbocycles. The Morgan fingerprint density at radius 1 is 1.22 bits per heavy atom. The van der Waals surface area contributed by atoms with E-state index >= 15 is 0 Å². The Morgan fingerprint density at radius 3 is 2.57 bits per heavy atom. The van der Waals surface area contributed by atoms with Gasteiger partial charge in [-0.25, -0.2) is 8.78 Å². The van der Waals surface area contributed by atoms with E-state index in [9.17, 15) is 13.6 Å². The first-order valence-corrected chi connectivity index (χ1v) is 7.28. The zero-order valence-electron chi connectivity index (χ0n) is 12.7. The molecule has 2 rings (SSSR count). The van der Waals surface area contributed by atoms with Gasteiger partial charge in [-0.2, -0.15) is 0 Å². The molecule has 6 heteroatoms. The van der Waals surface area contributed by atoms with Gasteiger partial charge in [0.2, 0.25) is 0 Å². The summed E-state index contributed by atoms with van der Waals surface area (Å²) in [6.45, 7) is 1.94. The van der Waals surface area contributed by atoms with E-state index < -0.39 is 23.1 Å². The molecule has 1 amide bonds. The van der Waals surface area contributed by atoms with Crippen LogP contribution in [0.2, 0.25) is 5.02 Å². The van der Waals surface area contributed by atoms with Crippen molar-refractivity contribution in [1.82, 2.24) is 5.32 Å². The Balaban J connectivity index is 2.13. The summed E-state index contributed by atoms with van der Waals surface area (Å²) in [5, 5.41) is 3.21. The molecule has 0 aliphatic rings. The van der Waals surface area contributed by atoms with Gasteiger partial charge in [0.05, 0.1) is 6.54 Å². The second-order valence-corrected chi connectivity index (χ2v) is 5.69. The minimum Gasteiger partial charge on any atom is -0.372 e. The summed E-state index contributed by atoms with van der Waals surface area (Å²) in [6, 6.07) is 10.1. The smallest absolute Gasteiger partial charge is 0.251 e. The maximum Gasteiger partial charge on any atom is 0.251 e. The molecule has 0 saturated carbocycles. The predicted molar refractivity (Wildman–Crippen MR) is 84.5 cm³/mol. The van der Waals surface area contributed by atoms with E-state index in [2.05, 4.69) is 5.32 Å². The summed E-state index contributed by atoms with van der Waals surface area (Å²) in [5.41, 5.74) is 0.0191. The monoisotopic (exact) mass is 339 g/mol. The molecule has 3 nitrogen and oxygen atoms in total. The maximum absolute atomic E-state index is 13.2. The first-order chi connectivity index (χ1) is 10.9. The van der Waals surface area contributed by atoms with Gasteiger partial charge in [-0.15, -0.1) is 0 Å². The molecule has 0 bridgehead atoms. The van der Waals surface area contributed by atoms with Gasteiger partial charge in [-0.3, -0.25) is 4.79 Å². The van der Waals surface area contributed by atoms with Gasteiger partial charge in [-0.05, 0) is 42.8 Å². The van der Waals surface area contributed by atoms with E-state index in [0.29, 0.717) is 5.02 Å². The van der Waals surface area contributed by atoms with Gasteiger partial charge in [0.15, 0.2) is 11.6 Å². The molecule has 2 aromatic rings. The van der Waals surface area contributed by atoms with E-state index in [0.717, 1.165) is 17.7 Å². The fourth-order valence-electron chi connectivity index (χ4n) is 2.10. The van der Waals surface area contributed by atoms with Crippen molar-refractivity contribution in [3.05, 3.63) is 70.2 Å². The zero-order chi connectivity index (χ0) is 17.0. The van der Waals surface area contributed by atoms with Gasteiger partial charge >= 0.3 is 0 Å². The Kier molecular flexibility index (Phi) is 5.34. The lowest BCUT2D eigenvalue weighted by molar-refractivity contribution is 0.00315. The number of methoxy groups -OCH3 is 1. The van der Waals surface area contributed by atoms with Crippen molar-refractivity contribution in [2.24, 2.45) is 0 Å². The number of amides is 1. The number of hydrogen-bond acceptors (Lipinski definition) is 2. The summed E-state index contributed by atoms with van der Waals surface area (Å²) in [7, 11) is 1.52. The highest BCUT2D eigenvalue weighted by molar-refractivity contribution is 6.30. The summed E-state index contributed by atoms with van der Waals surface area (Å²) in [5.74, 6) is -2.58. The highest BCUT2D eigenvalue weighted by Gasteiger charge is 2.27. The number of benzene rings is 2. The lowest BCUT2D eigenvalue weighted by atomic mass is 9.95. The van der Waals surface area contributed by atoms with Crippen molar-refractivity contribution in [1.29, 1.82) is 0 Å². The fraction of sp³-hybridized carbons (Fsp3) is 0.235. The molecule has 122 valence electrons. The van der Waals surface area contributed by atoms with Gasteiger partial charge in [0.1, 0.15) is 5.60 Å². The number of halogens is 3. The molecular weight excluding hydrogens is 324 g/mol. The highest BCUT2D eigenvalue weighted by atomic mass is 35.5. The molecule has 1 N–H and O–H groups in total. The molecule has 0 fully saturated rings. The largest absolute Gasteiger partial charge is 0.372 e. The Morgan fingerprint density at radius 2 is 1.96 bits per heavy atom. The minimum atomic E-state index is -1.07. The van der Waals surface area contributed by atoms with Gasteiger partial charge in [0, 0.05) is 17.7 Å². The standard InChI is InChI=1S/C17H16ClF2NO2/c1-17(23-2,12-4-3-5-13(18)9-12)10-21-16(22)11-6-7-14(19)15(20)8-11/h3-9H,10H2,1-2H3,(H,21,22)/t17-/m0/s1. The van der Waals surface area contributed by atoms with Crippen LogP contribution in [0.3, 0.4) is 0 Å². The Bertz CT molecular complexity index is 723. The molecular formula is C17H16ClF2NO2. The summed E-state index contributed by atoms with van der Waals surface area (Å²) in [4.78, 5) is 12.1. The van der Waals surface area contributed by atoms with Gasteiger partial charge in [-0.1, -0.05) is 23.7 Å². The first kappa shape index (κ1) is 17.4.